The molecule has 0 saturated heterocycles. The van der Waals surface area contributed by atoms with Crippen LogP contribution in [0, 0.1) is 12.7 Å². The molecule has 0 saturated carbocycles. The van der Waals surface area contributed by atoms with Crippen molar-refractivity contribution in [2.75, 3.05) is 7.11 Å². The van der Waals surface area contributed by atoms with E-state index in [9.17, 15) is 9.50 Å². The van der Waals surface area contributed by atoms with Crippen LogP contribution < -0.4 is 4.74 Å². The summed E-state index contributed by atoms with van der Waals surface area (Å²) in [5.74, 6) is -0.218. The molecule has 0 aliphatic carbocycles. The highest BCUT2D eigenvalue weighted by molar-refractivity contribution is 5.30. The third-order valence-corrected chi connectivity index (χ3v) is 2.93. The average Bonchev–Trinajstić information content (AvgIpc) is 2.39. The number of hydrogen-bond acceptors (Lipinski definition) is 3. The SMILES string of the molecule is COc1ccc(CC(O)c2cncc(C)c2)cc1F. The topological polar surface area (TPSA) is 42.4 Å². The molecule has 1 heterocycles. The second kappa shape index (κ2) is 5.80. The van der Waals surface area contributed by atoms with Crippen molar-refractivity contribution in [2.24, 2.45) is 0 Å². The summed E-state index contributed by atoms with van der Waals surface area (Å²) < 4.78 is 18.4. The molecule has 3 nitrogen and oxygen atoms in total. The number of halogens is 1. The molecule has 19 heavy (non-hydrogen) atoms. The molecule has 1 unspecified atom stereocenters. The van der Waals surface area contributed by atoms with Crippen LogP contribution in [0.25, 0.3) is 0 Å². The Balaban J connectivity index is 2.14. The van der Waals surface area contributed by atoms with E-state index < -0.39 is 11.9 Å². The van der Waals surface area contributed by atoms with Crippen LogP contribution in [0.5, 0.6) is 5.75 Å². The number of pyridine rings is 1. The zero-order chi connectivity index (χ0) is 13.8. The van der Waals surface area contributed by atoms with E-state index in [1.807, 2.05) is 13.0 Å². The van der Waals surface area contributed by atoms with Crippen LogP contribution in [0.4, 0.5) is 4.39 Å². The largest absolute Gasteiger partial charge is 0.494 e. The molecule has 1 N–H and O–H groups in total. The van der Waals surface area contributed by atoms with Gasteiger partial charge < -0.3 is 9.84 Å². The Morgan fingerprint density at radius 3 is 2.74 bits per heavy atom. The molecule has 0 amide bonds. The van der Waals surface area contributed by atoms with Gasteiger partial charge in [-0.25, -0.2) is 4.39 Å². The zero-order valence-electron chi connectivity index (χ0n) is 10.9. The average molecular weight is 261 g/mol. The second-order valence-corrected chi connectivity index (χ2v) is 4.48. The predicted molar refractivity (Wildman–Crippen MR) is 70.6 cm³/mol. The lowest BCUT2D eigenvalue weighted by Gasteiger charge is -2.12. The van der Waals surface area contributed by atoms with Gasteiger partial charge in [0.15, 0.2) is 11.6 Å². The molecule has 1 aromatic heterocycles. The van der Waals surface area contributed by atoms with E-state index in [0.29, 0.717) is 12.0 Å². The van der Waals surface area contributed by atoms with Crippen molar-refractivity contribution < 1.29 is 14.2 Å². The maximum Gasteiger partial charge on any atom is 0.165 e. The van der Waals surface area contributed by atoms with Crippen LogP contribution in [0.3, 0.4) is 0 Å². The van der Waals surface area contributed by atoms with Gasteiger partial charge in [0.2, 0.25) is 0 Å². The third kappa shape index (κ3) is 3.29. The Bertz CT molecular complexity index is 572. The second-order valence-electron chi connectivity index (χ2n) is 4.48. The summed E-state index contributed by atoms with van der Waals surface area (Å²) in [4.78, 5) is 4.04. The van der Waals surface area contributed by atoms with E-state index in [0.717, 1.165) is 11.1 Å². The number of aromatic nitrogens is 1. The smallest absolute Gasteiger partial charge is 0.165 e. The minimum atomic E-state index is -0.694. The molecule has 4 heteroatoms. The lowest BCUT2D eigenvalue weighted by molar-refractivity contribution is 0.178. The molecule has 0 spiro atoms. The highest BCUT2D eigenvalue weighted by Gasteiger charge is 2.11. The van der Waals surface area contributed by atoms with Crippen LogP contribution in [0.15, 0.2) is 36.7 Å². The standard InChI is InChI=1S/C15H16FNO2/c1-10-5-12(9-17-8-10)14(18)7-11-3-4-15(19-2)13(16)6-11/h3-6,8-9,14,18H,7H2,1-2H3. The first-order valence-electron chi connectivity index (χ1n) is 6.02. The maximum atomic E-state index is 13.5. The maximum absolute atomic E-state index is 13.5. The normalized spacial score (nSPS) is 12.2. The minimum Gasteiger partial charge on any atom is -0.494 e. The van der Waals surface area contributed by atoms with Crippen molar-refractivity contribution in [1.29, 1.82) is 0 Å². The number of benzene rings is 1. The van der Waals surface area contributed by atoms with Gasteiger partial charge >= 0.3 is 0 Å². The number of rotatable bonds is 4. The Kier molecular flexibility index (Phi) is 4.12. The highest BCUT2D eigenvalue weighted by Crippen LogP contribution is 2.22. The molecular weight excluding hydrogens is 245 g/mol. The van der Waals surface area contributed by atoms with Gasteiger partial charge in [-0.1, -0.05) is 12.1 Å². The Labute approximate surface area is 111 Å². The quantitative estimate of drug-likeness (QED) is 0.920. The summed E-state index contributed by atoms with van der Waals surface area (Å²) in [7, 11) is 1.42. The van der Waals surface area contributed by atoms with Crippen LogP contribution in [-0.2, 0) is 6.42 Å². The Morgan fingerprint density at radius 1 is 1.32 bits per heavy atom. The lowest BCUT2D eigenvalue weighted by Crippen LogP contribution is -2.03. The van der Waals surface area contributed by atoms with Gasteiger partial charge in [0.05, 0.1) is 13.2 Å². The molecular formula is C15H16FNO2. The summed E-state index contributed by atoms with van der Waals surface area (Å²) in [6.07, 6.45) is 2.99. The molecule has 1 atom stereocenters. The molecule has 0 radical (unpaired) electrons. The first kappa shape index (κ1) is 13.5. The van der Waals surface area contributed by atoms with Gasteiger partial charge in [0.25, 0.3) is 0 Å². The number of aliphatic hydroxyl groups excluding tert-OH is 1. The van der Waals surface area contributed by atoms with Gasteiger partial charge in [-0.3, -0.25) is 4.98 Å². The van der Waals surface area contributed by atoms with E-state index >= 15 is 0 Å². The monoisotopic (exact) mass is 261 g/mol. The molecule has 0 bridgehead atoms. The minimum absolute atomic E-state index is 0.204. The van der Waals surface area contributed by atoms with Crippen molar-refractivity contribution in [3.8, 4) is 5.75 Å². The number of nitrogens with zero attached hydrogens (tertiary/aromatic N) is 1. The van der Waals surface area contributed by atoms with Gasteiger partial charge in [0.1, 0.15) is 0 Å². The summed E-state index contributed by atoms with van der Waals surface area (Å²) in [6.45, 7) is 1.91. The molecule has 2 rings (SSSR count). The lowest BCUT2D eigenvalue weighted by atomic mass is 10.0. The number of aryl methyl sites for hydroxylation is 1. The molecule has 1 aromatic carbocycles. The van der Waals surface area contributed by atoms with Gasteiger partial charge in [0, 0.05) is 18.8 Å². The summed E-state index contributed by atoms with van der Waals surface area (Å²) in [5, 5.41) is 10.1. The van der Waals surface area contributed by atoms with Crippen molar-refractivity contribution in [1.82, 2.24) is 4.98 Å². The number of aliphatic hydroxyl groups is 1. The highest BCUT2D eigenvalue weighted by atomic mass is 19.1. The van der Waals surface area contributed by atoms with E-state index in [-0.39, 0.29) is 5.75 Å². The number of hydrogen-bond donors (Lipinski definition) is 1. The van der Waals surface area contributed by atoms with Crippen molar-refractivity contribution in [2.45, 2.75) is 19.4 Å². The molecule has 2 aromatic rings. The molecule has 100 valence electrons. The Morgan fingerprint density at radius 2 is 2.11 bits per heavy atom. The first-order chi connectivity index (χ1) is 9.10. The fourth-order valence-electron chi connectivity index (χ4n) is 1.94. The molecule has 0 aliphatic rings. The van der Waals surface area contributed by atoms with E-state index in [4.69, 9.17) is 4.74 Å². The summed E-state index contributed by atoms with van der Waals surface area (Å²) in [5.41, 5.74) is 2.43. The summed E-state index contributed by atoms with van der Waals surface area (Å²) >= 11 is 0. The first-order valence-corrected chi connectivity index (χ1v) is 6.02. The van der Waals surface area contributed by atoms with E-state index in [1.165, 1.54) is 13.2 Å². The summed E-state index contributed by atoms with van der Waals surface area (Å²) in [6, 6.07) is 6.56. The van der Waals surface area contributed by atoms with Crippen molar-refractivity contribution in [3.63, 3.8) is 0 Å². The van der Waals surface area contributed by atoms with Crippen molar-refractivity contribution in [3.05, 3.63) is 59.2 Å². The Hall–Kier alpha value is -1.94. The van der Waals surface area contributed by atoms with Crippen LogP contribution in [-0.4, -0.2) is 17.2 Å². The van der Waals surface area contributed by atoms with Crippen molar-refractivity contribution >= 4 is 0 Å². The number of ether oxygens (including phenoxy) is 1. The fourth-order valence-corrected chi connectivity index (χ4v) is 1.94. The van der Waals surface area contributed by atoms with Crippen LogP contribution >= 0.6 is 0 Å². The van der Waals surface area contributed by atoms with E-state index in [1.54, 1.807) is 24.5 Å². The van der Waals surface area contributed by atoms with Crippen LogP contribution in [0.2, 0.25) is 0 Å². The van der Waals surface area contributed by atoms with Gasteiger partial charge in [-0.05, 0) is 35.7 Å². The van der Waals surface area contributed by atoms with E-state index in [2.05, 4.69) is 4.98 Å². The third-order valence-electron chi connectivity index (χ3n) is 2.93. The number of methoxy groups -OCH3 is 1. The van der Waals surface area contributed by atoms with Gasteiger partial charge in [-0.15, -0.1) is 0 Å². The zero-order valence-corrected chi connectivity index (χ0v) is 10.9. The molecule has 0 aliphatic heterocycles. The van der Waals surface area contributed by atoms with Crippen LogP contribution in [0.1, 0.15) is 22.8 Å². The molecule has 0 fully saturated rings. The fraction of sp³-hybridized carbons (Fsp3) is 0.267. The van der Waals surface area contributed by atoms with Gasteiger partial charge in [-0.2, -0.15) is 0 Å². The predicted octanol–water partition coefficient (Wildman–Crippen LogP) is 2.81.